The highest BCUT2D eigenvalue weighted by Crippen LogP contribution is 2.24. The van der Waals surface area contributed by atoms with E-state index in [1.165, 1.54) is 11.3 Å². The quantitative estimate of drug-likeness (QED) is 0.266. The molecular weight excluding hydrogens is 496 g/mol. The average molecular weight is 529 g/mol. The van der Waals surface area contributed by atoms with Crippen molar-refractivity contribution in [2.75, 3.05) is 25.6 Å². The van der Waals surface area contributed by atoms with Gasteiger partial charge in [0.2, 0.25) is 0 Å². The molecule has 1 heterocycles. The van der Waals surface area contributed by atoms with Crippen molar-refractivity contribution in [1.29, 1.82) is 0 Å². The smallest absolute Gasteiger partial charge is 0.322 e. The van der Waals surface area contributed by atoms with Crippen LogP contribution in [-0.2, 0) is 11.3 Å². The normalized spacial score (nSPS) is 10.8. The summed E-state index contributed by atoms with van der Waals surface area (Å²) in [6.07, 6.45) is 0. The van der Waals surface area contributed by atoms with Crippen molar-refractivity contribution in [2.45, 2.75) is 26.4 Å². The molecule has 0 aliphatic heterocycles. The van der Waals surface area contributed by atoms with Crippen molar-refractivity contribution in [3.63, 3.8) is 0 Å². The summed E-state index contributed by atoms with van der Waals surface area (Å²) in [4.78, 5) is 32.6. The zero-order valence-electron chi connectivity index (χ0n) is 21.8. The Labute approximate surface area is 227 Å². The topological polar surface area (TPSA) is 83.6 Å². The maximum atomic E-state index is 13.2. The number of hydrogen-bond donors (Lipinski definition) is 2. The lowest BCUT2D eigenvalue weighted by molar-refractivity contribution is 0.0938. The van der Waals surface area contributed by atoms with Crippen LogP contribution in [0.3, 0.4) is 0 Å². The van der Waals surface area contributed by atoms with E-state index in [9.17, 15) is 9.59 Å². The molecule has 4 rings (SSSR count). The first kappa shape index (κ1) is 27.0. The van der Waals surface area contributed by atoms with E-state index in [-0.39, 0.29) is 24.5 Å². The molecule has 0 atom stereocenters. The van der Waals surface area contributed by atoms with Gasteiger partial charge in [0.15, 0.2) is 0 Å². The molecular formula is C30H32N4O3S. The number of methoxy groups -OCH3 is 1. The third kappa shape index (κ3) is 6.85. The fraction of sp³-hybridized carbons (Fsp3) is 0.233. The lowest BCUT2D eigenvalue weighted by atomic mass is 9.98. The van der Waals surface area contributed by atoms with Gasteiger partial charge in [-0.25, -0.2) is 9.78 Å². The second-order valence-corrected chi connectivity index (χ2v) is 9.91. The Hall–Kier alpha value is -4.01. The number of para-hydroxylation sites is 1. The van der Waals surface area contributed by atoms with E-state index in [0.717, 1.165) is 27.9 Å². The van der Waals surface area contributed by atoms with Crippen molar-refractivity contribution in [3.8, 4) is 0 Å². The van der Waals surface area contributed by atoms with Gasteiger partial charge in [-0.2, -0.15) is 0 Å². The highest BCUT2D eigenvalue weighted by Gasteiger charge is 2.21. The van der Waals surface area contributed by atoms with Crippen LogP contribution in [0.15, 0.2) is 84.2 Å². The Morgan fingerprint density at radius 1 is 0.921 bits per heavy atom. The fourth-order valence-electron chi connectivity index (χ4n) is 4.16. The van der Waals surface area contributed by atoms with Gasteiger partial charge in [0.25, 0.3) is 5.91 Å². The summed E-state index contributed by atoms with van der Waals surface area (Å²) in [5, 5.41) is 8.55. The van der Waals surface area contributed by atoms with Gasteiger partial charge in [-0.05, 0) is 36.1 Å². The van der Waals surface area contributed by atoms with Crippen LogP contribution in [0.1, 0.15) is 43.8 Å². The summed E-state index contributed by atoms with van der Waals surface area (Å²) in [6, 6.07) is 25.0. The van der Waals surface area contributed by atoms with E-state index in [1.54, 1.807) is 17.4 Å². The summed E-state index contributed by atoms with van der Waals surface area (Å²) < 4.78 is 5.23. The zero-order chi connectivity index (χ0) is 26.9. The number of hydrogen-bond acceptors (Lipinski definition) is 5. The van der Waals surface area contributed by atoms with Crippen LogP contribution in [0.5, 0.6) is 0 Å². The predicted molar refractivity (Wildman–Crippen MR) is 152 cm³/mol. The molecule has 196 valence electrons. The second kappa shape index (κ2) is 13.0. The number of thiazole rings is 1. The molecule has 7 nitrogen and oxygen atoms in total. The number of benzene rings is 3. The Bertz CT molecular complexity index is 1300. The summed E-state index contributed by atoms with van der Waals surface area (Å²) in [6.45, 7) is 4.96. The molecule has 38 heavy (non-hydrogen) atoms. The van der Waals surface area contributed by atoms with Crippen LogP contribution in [-0.4, -0.2) is 42.1 Å². The molecule has 1 aromatic heterocycles. The summed E-state index contributed by atoms with van der Waals surface area (Å²) >= 11 is 1.35. The fourth-order valence-corrected chi connectivity index (χ4v) is 4.95. The Morgan fingerprint density at radius 3 is 2.11 bits per heavy atom. The van der Waals surface area contributed by atoms with E-state index in [1.807, 2.05) is 92.7 Å². The number of anilines is 1. The maximum Gasteiger partial charge on any atom is 0.322 e. The predicted octanol–water partition coefficient (Wildman–Crippen LogP) is 5.96. The molecule has 2 N–H and O–H groups in total. The number of ether oxygens (including phenoxy) is 1. The van der Waals surface area contributed by atoms with Crippen molar-refractivity contribution in [1.82, 2.24) is 15.2 Å². The summed E-state index contributed by atoms with van der Waals surface area (Å²) in [5.74, 6) is -0.270. The monoisotopic (exact) mass is 528 g/mol. The van der Waals surface area contributed by atoms with E-state index >= 15 is 0 Å². The van der Waals surface area contributed by atoms with E-state index in [0.29, 0.717) is 23.9 Å². The van der Waals surface area contributed by atoms with Crippen LogP contribution in [0.4, 0.5) is 10.5 Å². The van der Waals surface area contributed by atoms with Gasteiger partial charge >= 0.3 is 6.03 Å². The van der Waals surface area contributed by atoms with Crippen molar-refractivity contribution >= 4 is 29.0 Å². The first-order valence-corrected chi connectivity index (χ1v) is 13.3. The number of urea groups is 1. The van der Waals surface area contributed by atoms with Crippen molar-refractivity contribution in [3.05, 3.63) is 117 Å². The third-order valence-electron chi connectivity index (χ3n) is 6.22. The number of aromatic nitrogens is 1. The molecule has 0 aliphatic rings. The summed E-state index contributed by atoms with van der Waals surface area (Å²) in [5.41, 5.74) is 5.07. The Kier molecular flexibility index (Phi) is 9.24. The molecule has 4 aromatic rings. The standard InChI is InChI=1S/C30H32N4O3S/c1-21-11-10-12-22(2)27(21)33-30(36)34(17-18-37-3)19-26-31-25(20-38-26)29(35)32-28(23-13-6-4-7-14-23)24-15-8-5-9-16-24/h4-16,20,28H,17-19H2,1-3H3,(H,32,35)(H,33,36). The summed E-state index contributed by atoms with van der Waals surface area (Å²) in [7, 11) is 1.60. The van der Waals surface area contributed by atoms with Crippen molar-refractivity contribution in [2.24, 2.45) is 0 Å². The number of nitrogens with one attached hydrogen (secondary N) is 2. The SMILES string of the molecule is COCCN(Cc1nc(C(=O)NC(c2ccccc2)c2ccccc2)cs1)C(=O)Nc1c(C)cccc1C. The van der Waals surface area contributed by atoms with E-state index < -0.39 is 0 Å². The molecule has 0 saturated heterocycles. The molecule has 0 radical (unpaired) electrons. The van der Waals surface area contributed by atoms with Crippen LogP contribution in [0.25, 0.3) is 0 Å². The number of amides is 3. The molecule has 0 unspecified atom stereocenters. The minimum Gasteiger partial charge on any atom is -0.383 e. The average Bonchev–Trinajstić information content (AvgIpc) is 3.41. The lowest BCUT2D eigenvalue weighted by Gasteiger charge is -2.23. The zero-order valence-corrected chi connectivity index (χ0v) is 22.6. The van der Waals surface area contributed by atoms with Crippen LogP contribution >= 0.6 is 11.3 Å². The third-order valence-corrected chi connectivity index (χ3v) is 7.05. The molecule has 8 heteroatoms. The van der Waals surface area contributed by atoms with Gasteiger partial charge in [0.1, 0.15) is 10.7 Å². The molecule has 3 aromatic carbocycles. The molecule has 0 saturated carbocycles. The van der Waals surface area contributed by atoms with Crippen LogP contribution < -0.4 is 10.6 Å². The van der Waals surface area contributed by atoms with E-state index in [2.05, 4.69) is 15.6 Å². The van der Waals surface area contributed by atoms with Gasteiger partial charge in [-0.1, -0.05) is 78.9 Å². The highest BCUT2D eigenvalue weighted by molar-refractivity contribution is 7.09. The van der Waals surface area contributed by atoms with Crippen molar-refractivity contribution < 1.29 is 14.3 Å². The van der Waals surface area contributed by atoms with Crippen LogP contribution in [0, 0.1) is 13.8 Å². The first-order valence-electron chi connectivity index (χ1n) is 12.4. The molecule has 0 aliphatic carbocycles. The second-order valence-electron chi connectivity index (χ2n) is 8.97. The lowest BCUT2D eigenvalue weighted by Crippen LogP contribution is -2.37. The number of carbonyl (C=O) groups is 2. The molecule has 0 bridgehead atoms. The molecule has 0 fully saturated rings. The van der Waals surface area contributed by atoms with Gasteiger partial charge in [-0.3, -0.25) is 4.79 Å². The highest BCUT2D eigenvalue weighted by atomic mass is 32.1. The van der Waals surface area contributed by atoms with Gasteiger partial charge < -0.3 is 20.3 Å². The Balaban J connectivity index is 1.48. The molecule has 0 spiro atoms. The minimum atomic E-state index is -0.309. The van der Waals surface area contributed by atoms with Crippen LogP contribution in [0.2, 0.25) is 0 Å². The van der Waals surface area contributed by atoms with Gasteiger partial charge in [-0.15, -0.1) is 11.3 Å². The number of carbonyl (C=O) groups excluding carboxylic acids is 2. The van der Waals surface area contributed by atoms with Gasteiger partial charge in [0.05, 0.1) is 19.2 Å². The largest absolute Gasteiger partial charge is 0.383 e. The maximum absolute atomic E-state index is 13.2. The number of nitrogens with zero attached hydrogens (tertiary/aromatic N) is 2. The van der Waals surface area contributed by atoms with E-state index in [4.69, 9.17) is 4.74 Å². The minimum absolute atomic E-state index is 0.242. The first-order chi connectivity index (χ1) is 18.5. The Morgan fingerprint density at radius 2 is 1.53 bits per heavy atom. The van der Waals surface area contributed by atoms with Gasteiger partial charge in [0, 0.05) is 24.7 Å². The number of aryl methyl sites for hydroxylation is 2. The number of rotatable bonds is 10. The molecule has 3 amide bonds.